The molecular weight excluding hydrogens is 416 g/mol. The van der Waals surface area contributed by atoms with E-state index in [2.05, 4.69) is 4.99 Å². The van der Waals surface area contributed by atoms with Gasteiger partial charge in [0, 0.05) is 16.7 Å². The predicted molar refractivity (Wildman–Crippen MR) is 125 cm³/mol. The van der Waals surface area contributed by atoms with Crippen molar-refractivity contribution >= 4 is 45.9 Å². The van der Waals surface area contributed by atoms with E-state index in [1.165, 1.54) is 11.8 Å². The lowest BCUT2D eigenvalue weighted by atomic mass is 10.2. The highest BCUT2D eigenvalue weighted by Crippen LogP contribution is 2.31. The second-order valence-electron chi connectivity index (χ2n) is 6.29. The SMILES string of the molecule is COc1cccc(N2C(=O)C(=Cc3cccs3)N=C2SCCOc2ccccc2)c1. The molecule has 0 saturated heterocycles. The summed E-state index contributed by atoms with van der Waals surface area (Å²) in [6.07, 6.45) is 1.83. The van der Waals surface area contributed by atoms with Crippen LogP contribution in [-0.2, 0) is 4.79 Å². The maximum Gasteiger partial charge on any atom is 0.283 e. The molecular formula is C23H20N2O3S2. The number of carbonyl (C=O) groups is 1. The molecule has 1 aliphatic rings. The summed E-state index contributed by atoms with van der Waals surface area (Å²) < 4.78 is 11.1. The number of methoxy groups -OCH3 is 1. The summed E-state index contributed by atoms with van der Waals surface area (Å²) in [6, 6.07) is 21.0. The summed E-state index contributed by atoms with van der Waals surface area (Å²) in [5, 5.41) is 2.61. The van der Waals surface area contributed by atoms with Crippen LogP contribution in [0.5, 0.6) is 11.5 Å². The lowest BCUT2D eigenvalue weighted by Crippen LogP contribution is -2.30. The van der Waals surface area contributed by atoms with E-state index in [1.807, 2.05) is 78.2 Å². The first kappa shape index (κ1) is 20.3. The molecule has 1 aromatic heterocycles. The lowest BCUT2D eigenvalue weighted by molar-refractivity contribution is -0.113. The van der Waals surface area contributed by atoms with Crippen molar-refractivity contribution < 1.29 is 14.3 Å². The number of ether oxygens (including phenoxy) is 2. The number of carbonyl (C=O) groups excluding carboxylic acids is 1. The zero-order valence-electron chi connectivity index (χ0n) is 16.4. The largest absolute Gasteiger partial charge is 0.497 e. The van der Waals surface area contributed by atoms with Crippen LogP contribution in [0.1, 0.15) is 4.88 Å². The van der Waals surface area contributed by atoms with E-state index >= 15 is 0 Å². The molecule has 0 aliphatic carbocycles. The number of thiophene rings is 1. The molecule has 0 fully saturated rings. The topological polar surface area (TPSA) is 51.1 Å². The Morgan fingerprint density at radius 3 is 2.67 bits per heavy atom. The maximum absolute atomic E-state index is 13.2. The minimum absolute atomic E-state index is 0.150. The van der Waals surface area contributed by atoms with Crippen molar-refractivity contribution in [1.82, 2.24) is 0 Å². The lowest BCUT2D eigenvalue weighted by Gasteiger charge is -2.18. The van der Waals surface area contributed by atoms with Gasteiger partial charge >= 0.3 is 0 Å². The van der Waals surface area contributed by atoms with E-state index in [0.717, 1.165) is 16.3 Å². The quantitative estimate of drug-likeness (QED) is 0.372. The average molecular weight is 437 g/mol. The van der Waals surface area contributed by atoms with E-state index in [9.17, 15) is 4.79 Å². The Kier molecular flexibility index (Phi) is 6.51. The molecule has 30 heavy (non-hydrogen) atoms. The van der Waals surface area contributed by atoms with Crippen molar-refractivity contribution in [2.45, 2.75) is 0 Å². The zero-order chi connectivity index (χ0) is 20.8. The van der Waals surface area contributed by atoms with Crippen LogP contribution in [0.15, 0.2) is 82.8 Å². The first-order valence-corrected chi connectivity index (χ1v) is 11.2. The number of amidine groups is 1. The number of benzene rings is 2. The first-order chi connectivity index (χ1) is 14.7. The van der Waals surface area contributed by atoms with Gasteiger partial charge in [-0.1, -0.05) is 42.1 Å². The summed E-state index contributed by atoms with van der Waals surface area (Å²) in [5.74, 6) is 2.02. The van der Waals surface area contributed by atoms with Crippen LogP contribution in [0.4, 0.5) is 5.69 Å². The number of anilines is 1. The Hall–Kier alpha value is -3.03. The smallest absolute Gasteiger partial charge is 0.283 e. The maximum atomic E-state index is 13.2. The number of thioether (sulfide) groups is 1. The first-order valence-electron chi connectivity index (χ1n) is 9.37. The Morgan fingerprint density at radius 2 is 1.90 bits per heavy atom. The Labute approximate surface area is 183 Å². The molecule has 0 unspecified atom stereocenters. The monoisotopic (exact) mass is 436 g/mol. The molecule has 7 heteroatoms. The van der Waals surface area contributed by atoms with Gasteiger partial charge in [0.25, 0.3) is 5.91 Å². The van der Waals surface area contributed by atoms with Gasteiger partial charge in [0.15, 0.2) is 5.17 Å². The van der Waals surface area contributed by atoms with E-state index < -0.39 is 0 Å². The van der Waals surface area contributed by atoms with E-state index in [1.54, 1.807) is 23.3 Å². The van der Waals surface area contributed by atoms with Gasteiger partial charge in [-0.15, -0.1) is 11.3 Å². The fourth-order valence-electron chi connectivity index (χ4n) is 2.89. The van der Waals surface area contributed by atoms with Gasteiger partial charge in [-0.05, 0) is 41.8 Å². The van der Waals surface area contributed by atoms with Gasteiger partial charge < -0.3 is 9.47 Å². The van der Waals surface area contributed by atoms with Crippen molar-refractivity contribution in [2.24, 2.45) is 4.99 Å². The van der Waals surface area contributed by atoms with E-state index in [-0.39, 0.29) is 5.91 Å². The molecule has 0 spiro atoms. The van der Waals surface area contributed by atoms with Crippen LogP contribution in [0.3, 0.4) is 0 Å². The second kappa shape index (κ2) is 9.65. The van der Waals surface area contributed by atoms with Gasteiger partial charge in [0.05, 0.1) is 19.4 Å². The predicted octanol–water partition coefficient (Wildman–Crippen LogP) is 5.31. The van der Waals surface area contributed by atoms with Crippen LogP contribution in [-0.4, -0.2) is 30.5 Å². The number of aliphatic imine (C=N–C) groups is 1. The van der Waals surface area contributed by atoms with Gasteiger partial charge in [-0.25, -0.2) is 4.99 Å². The molecule has 0 radical (unpaired) electrons. The normalized spacial score (nSPS) is 14.8. The fourth-order valence-corrected chi connectivity index (χ4v) is 4.37. The van der Waals surface area contributed by atoms with Crippen molar-refractivity contribution in [3.63, 3.8) is 0 Å². The molecule has 152 valence electrons. The van der Waals surface area contributed by atoms with Gasteiger partial charge in [0.2, 0.25) is 0 Å². The van der Waals surface area contributed by atoms with Crippen molar-refractivity contribution in [1.29, 1.82) is 0 Å². The molecule has 2 heterocycles. The molecule has 0 bridgehead atoms. The third-order valence-corrected chi connectivity index (χ3v) is 6.01. The Balaban J connectivity index is 1.53. The van der Waals surface area contributed by atoms with Crippen molar-refractivity contribution in [2.75, 3.05) is 24.4 Å². The van der Waals surface area contributed by atoms with Crippen molar-refractivity contribution in [3.05, 3.63) is 82.7 Å². The standard InChI is InChI=1S/C23H20N2O3S2/c1-27-19-10-5-7-17(15-19)25-22(26)21(16-20-11-6-13-29-20)24-23(25)30-14-12-28-18-8-3-2-4-9-18/h2-11,13,15-16H,12,14H2,1H3. The van der Waals surface area contributed by atoms with Crippen LogP contribution in [0.2, 0.25) is 0 Å². The van der Waals surface area contributed by atoms with Crippen LogP contribution >= 0.6 is 23.1 Å². The van der Waals surface area contributed by atoms with Crippen LogP contribution < -0.4 is 14.4 Å². The average Bonchev–Trinajstić information content (AvgIpc) is 3.40. The summed E-state index contributed by atoms with van der Waals surface area (Å²) in [7, 11) is 1.61. The van der Waals surface area contributed by atoms with Crippen molar-refractivity contribution in [3.8, 4) is 11.5 Å². The van der Waals surface area contributed by atoms with Crippen LogP contribution in [0.25, 0.3) is 6.08 Å². The number of amides is 1. The Bertz CT molecular complexity index is 1060. The summed E-state index contributed by atoms with van der Waals surface area (Å²) in [6.45, 7) is 0.512. The molecule has 0 saturated carbocycles. The third-order valence-electron chi connectivity index (χ3n) is 4.29. The highest BCUT2D eigenvalue weighted by molar-refractivity contribution is 8.14. The minimum Gasteiger partial charge on any atom is -0.497 e. The summed E-state index contributed by atoms with van der Waals surface area (Å²) in [4.78, 5) is 20.4. The highest BCUT2D eigenvalue weighted by Gasteiger charge is 2.32. The zero-order valence-corrected chi connectivity index (χ0v) is 18.0. The molecule has 1 amide bonds. The van der Waals surface area contributed by atoms with Gasteiger partial charge in [-0.3, -0.25) is 9.69 Å². The molecule has 1 aliphatic heterocycles. The molecule has 0 N–H and O–H groups in total. The third kappa shape index (κ3) is 4.75. The van der Waals surface area contributed by atoms with Gasteiger partial charge in [-0.2, -0.15) is 0 Å². The second-order valence-corrected chi connectivity index (χ2v) is 8.33. The minimum atomic E-state index is -0.150. The molecule has 2 aromatic carbocycles. The Morgan fingerprint density at radius 1 is 1.07 bits per heavy atom. The van der Waals surface area contributed by atoms with E-state index in [4.69, 9.17) is 9.47 Å². The molecule has 3 aromatic rings. The summed E-state index contributed by atoms with van der Waals surface area (Å²) in [5.41, 5.74) is 1.15. The molecule has 4 rings (SSSR count). The number of hydrogen-bond acceptors (Lipinski definition) is 6. The number of para-hydroxylation sites is 1. The highest BCUT2D eigenvalue weighted by atomic mass is 32.2. The molecule has 0 atom stereocenters. The summed E-state index contributed by atoms with van der Waals surface area (Å²) >= 11 is 3.06. The fraction of sp³-hybridized carbons (Fsp3) is 0.130. The molecule has 5 nitrogen and oxygen atoms in total. The van der Waals surface area contributed by atoms with Crippen LogP contribution in [0, 0.1) is 0 Å². The number of nitrogens with zero attached hydrogens (tertiary/aromatic N) is 2. The van der Waals surface area contributed by atoms with Gasteiger partial charge in [0.1, 0.15) is 17.2 Å². The number of hydrogen-bond donors (Lipinski definition) is 0. The van der Waals surface area contributed by atoms with E-state index in [0.29, 0.717) is 29.0 Å². The number of rotatable bonds is 7.